The van der Waals surface area contributed by atoms with Crippen LogP contribution in [-0.4, -0.2) is 26.6 Å². The number of halogens is 1. The second-order valence-corrected chi connectivity index (χ2v) is 9.58. The average Bonchev–Trinajstić information content (AvgIpc) is 2.72. The Morgan fingerprint density at radius 2 is 1.53 bits per heavy atom. The summed E-state index contributed by atoms with van der Waals surface area (Å²) < 4.78 is 27.5. The molecule has 1 fully saturated rings. The molecular formula is C22H26ClN3O3S. The van der Waals surface area contributed by atoms with Crippen LogP contribution >= 0.6 is 11.6 Å². The molecule has 30 heavy (non-hydrogen) atoms. The van der Waals surface area contributed by atoms with Crippen LogP contribution in [0.1, 0.15) is 44.9 Å². The molecule has 0 unspecified atom stereocenters. The molecule has 3 rings (SSSR count). The summed E-state index contributed by atoms with van der Waals surface area (Å²) in [5.41, 5.74) is 3.88. The van der Waals surface area contributed by atoms with Gasteiger partial charge in [0.1, 0.15) is 6.54 Å². The monoisotopic (exact) mass is 447 g/mol. The number of rotatable bonds is 6. The van der Waals surface area contributed by atoms with Crippen LogP contribution in [-0.2, 0) is 14.8 Å². The lowest BCUT2D eigenvalue weighted by Crippen LogP contribution is -2.39. The Kier molecular flexibility index (Phi) is 7.87. The van der Waals surface area contributed by atoms with E-state index in [0.717, 1.165) is 35.7 Å². The van der Waals surface area contributed by atoms with Crippen molar-refractivity contribution in [3.63, 3.8) is 0 Å². The van der Waals surface area contributed by atoms with Crippen molar-refractivity contribution in [3.8, 4) is 0 Å². The van der Waals surface area contributed by atoms with Crippen LogP contribution in [0.4, 0.5) is 5.69 Å². The third-order valence-electron chi connectivity index (χ3n) is 5.00. The van der Waals surface area contributed by atoms with Crippen molar-refractivity contribution in [1.82, 2.24) is 5.43 Å². The molecular weight excluding hydrogens is 422 g/mol. The summed E-state index contributed by atoms with van der Waals surface area (Å²) in [6.45, 7) is -0.379. The molecule has 2 aromatic rings. The van der Waals surface area contributed by atoms with Gasteiger partial charge >= 0.3 is 0 Å². The quantitative estimate of drug-likeness (QED) is 0.649. The Morgan fingerprint density at radius 1 is 0.933 bits per heavy atom. The van der Waals surface area contributed by atoms with Crippen LogP contribution in [0.3, 0.4) is 0 Å². The number of nitrogens with one attached hydrogen (secondary N) is 1. The van der Waals surface area contributed by atoms with E-state index in [1.807, 2.05) is 0 Å². The molecule has 0 heterocycles. The number of anilines is 1. The number of carbonyl (C=O) groups is 1. The largest absolute Gasteiger partial charge is 0.271 e. The van der Waals surface area contributed by atoms with Crippen molar-refractivity contribution in [1.29, 1.82) is 0 Å². The predicted molar refractivity (Wildman–Crippen MR) is 120 cm³/mol. The molecule has 1 aliphatic rings. The maximum Gasteiger partial charge on any atom is 0.264 e. The Morgan fingerprint density at radius 3 is 2.17 bits per heavy atom. The van der Waals surface area contributed by atoms with E-state index in [-0.39, 0.29) is 11.4 Å². The van der Waals surface area contributed by atoms with Gasteiger partial charge in [0.05, 0.1) is 10.6 Å². The number of nitrogens with zero attached hydrogens (tertiary/aromatic N) is 2. The SMILES string of the molecule is O=C(CN(c1ccc(Cl)cc1)S(=O)(=O)c1ccccc1)NN=C1CCCCCCC1. The van der Waals surface area contributed by atoms with E-state index in [1.165, 1.54) is 31.4 Å². The molecule has 0 spiro atoms. The van der Waals surface area contributed by atoms with E-state index in [2.05, 4.69) is 10.5 Å². The third kappa shape index (κ3) is 6.06. The van der Waals surface area contributed by atoms with Gasteiger partial charge in [-0.05, 0) is 62.1 Å². The van der Waals surface area contributed by atoms with Crippen molar-refractivity contribution in [2.24, 2.45) is 5.10 Å². The molecule has 1 aliphatic carbocycles. The average molecular weight is 448 g/mol. The molecule has 0 atom stereocenters. The molecule has 160 valence electrons. The highest BCUT2D eigenvalue weighted by Gasteiger charge is 2.27. The maximum atomic E-state index is 13.2. The van der Waals surface area contributed by atoms with E-state index in [9.17, 15) is 13.2 Å². The molecule has 1 amide bonds. The van der Waals surface area contributed by atoms with Gasteiger partial charge in [-0.15, -0.1) is 0 Å². The normalized spacial score (nSPS) is 15.0. The summed E-state index contributed by atoms with van der Waals surface area (Å²) in [5, 5.41) is 4.76. The summed E-state index contributed by atoms with van der Waals surface area (Å²) in [5.74, 6) is -0.487. The first-order chi connectivity index (χ1) is 14.5. The molecule has 6 nitrogen and oxygen atoms in total. The number of sulfonamides is 1. The van der Waals surface area contributed by atoms with Crippen molar-refractivity contribution in [2.45, 2.75) is 49.8 Å². The van der Waals surface area contributed by atoms with Gasteiger partial charge in [-0.3, -0.25) is 9.10 Å². The van der Waals surface area contributed by atoms with Crippen LogP contribution in [0.15, 0.2) is 64.6 Å². The number of carbonyl (C=O) groups excluding carboxylic acids is 1. The third-order valence-corrected chi connectivity index (χ3v) is 7.04. The number of benzene rings is 2. The topological polar surface area (TPSA) is 78.8 Å². The predicted octanol–water partition coefficient (Wildman–Crippen LogP) is 4.75. The lowest BCUT2D eigenvalue weighted by Gasteiger charge is -2.23. The molecule has 0 aliphatic heterocycles. The number of amides is 1. The first-order valence-electron chi connectivity index (χ1n) is 10.1. The molecule has 8 heteroatoms. The summed E-state index contributed by atoms with van der Waals surface area (Å²) in [7, 11) is -3.93. The van der Waals surface area contributed by atoms with Gasteiger partial charge in [0.15, 0.2) is 0 Å². The summed E-state index contributed by atoms with van der Waals surface area (Å²) in [4.78, 5) is 12.7. The van der Waals surface area contributed by atoms with E-state index < -0.39 is 15.9 Å². The Bertz CT molecular complexity index is 966. The van der Waals surface area contributed by atoms with Gasteiger partial charge in [0, 0.05) is 10.7 Å². The number of hydrogen-bond acceptors (Lipinski definition) is 4. The molecule has 0 bridgehead atoms. The lowest BCUT2D eigenvalue weighted by molar-refractivity contribution is -0.119. The van der Waals surface area contributed by atoms with Gasteiger partial charge in [0.25, 0.3) is 15.9 Å². The van der Waals surface area contributed by atoms with Crippen LogP contribution in [0.2, 0.25) is 5.02 Å². The van der Waals surface area contributed by atoms with E-state index in [4.69, 9.17) is 11.6 Å². The molecule has 0 radical (unpaired) electrons. The molecule has 1 N–H and O–H groups in total. The van der Waals surface area contributed by atoms with Gasteiger partial charge in [-0.1, -0.05) is 49.1 Å². The number of hydrazone groups is 1. The van der Waals surface area contributed by atoms with Gasteiger partial charge in [0.2, 0.25) is 0 Å². The van der Waals surface area contributed by atoms with Crippen molar-refractivity contribution in [2.75, 3.05) is 10.8 Å². The minimum atomic E-state index is -3.93. The van der Waals surface area contributed by atoms with E-state index in [0.29, 0.717) is 10.7 Å². The second kappa shape index (κ2) is 10.6. The molecule has 0 saturated heterocycles. The lowest BCUT2D eigenvalue weighted by atomic mass is 9.99. The highest BCUT2D eigenvalue weighted by Crippen LogP contribution is 2.25. The zero-order valence-corrected chi connectivity index (χ0v) is 18.3. The fraction of sp³-hybridized carbons (Fsp3) is 0.364. The van der Waals surface area contributed by atoms with Gasteiger partial charge in [-0.25, -0.2) is 13.8 Å². The highest BCUT2D eigenvalue weighted by atomic mass is 35.5. The van der Waals surface area contributed by atoms with Crippen LogP contribution in [0, 0.1) is 0 Å². The van der Waals surface area contributed by atoms with Crippen LogP contribution < -0.4 is 9.73 Å². The smallest absolute Gasteiger partial charge is 0.264 e. The zero-order valence-electron chi connectivity index (χ0n) is 16.8. The molecule has 2 aromatic carbocycles. The maximum absolute atomic E-state index is 13.2. The highest BCUT2D eigenvalue weighted by molar-refractivity contribution is 7.92. The van der Waals surface area contributed by atoms with E-state index >= 15 is 0 Å². The summed E-state index contributed by atoms with van der Waals surface area (Å²) >= 11 is 5.95. The zero-order chi connectivity index (χ0) is 21.4. The minimum Gasteiger partial charge on any atom is -0.271 e. The van der Waals surface area contributed by atoms with Gasteiger partial charge in [-0.2, -0.15) is 5.10 Å². The molecule has 1 saturated carbocycles. The Labute approximate surface area is 183 Å². The van der Waals surface area contributed by atoms with Crippen molar-refractivity contribution in [3.05, 3.63) is 59.6 Å². The fourth-order valence-electron chi connectivity index (χ4n) is 3.37. The van der Waals surface area contributed by atoms with E-state index in [1.54, 1.807) is 42.5 Å². The summed E-state index contributed by atoms with van der Waals surface area (Å²) in [6.07, 6.45) is 7.45. The van der Waals surface area contributed by atoms with Crippen molar-refractivity contribution < 1.29 is 13.2 Å². The Balaban J connectivity index is 1.80. The first kappa shape index (κ1) is 22.3. The summed E-state index contributed by atoms with van der Waals surface area (Å²) in [6, 6.07) is 14.4. The standard InChI is InChI=1S/C22H26ClN3O3S/c23-18-13-15-20(16-14-18)26(30(28,29)21-11-7-4-8-12-21)17-22(27)25-24-19-9-5-2-1-3-6-10-19/h4,7-8,11-16H,1-3,5-6,9-10,17H2,(H,25,27). The van der Waals surface area contributed by atoms with Crippen LogP contribution in [0.25, 0.3) is 0 Å². The Hall–Kier alpha value is -2.38. The first-order valence-corrected chi connectivity index (χ1v) is 12.0. The fourth-order valence-corrected chi connectivity index (χ4v) is 4.94. The second-order valence-electron chi connectivity index (χ2n) is 7.28. The minimum absolute atomic E-state index is 0.110. The van der Waals surface area contributed by atoms with Gasteiger partial charge < -0.3 is 0 Å². The number of hydrogen-bond donors (Lipinski definition) is 1. The van der Waals surface area contributed by atoms with Crippen LogP contribution in [0.5, 0.6) is 0 Å². The van der Waals surface area contributed by atoms with Crippen molar-refractivity contribution >= 4 is 38.9 Å². The molecule has 0 aromatic heterocycles.